The third kappa shape index (κ3) is 4.33. The first-order valence-corrected chi connectivity index (χ1v) is 11.2. The Labute approximate surface area is 194 Å². The van der Waals surface area contributed by atoms with E-state index in [0.29, 0.717) is 18.7 Å². The van der Waals surface area contributed by atoms with Gasteiger partial charge in [0.1, 0.15) is 17.6 Å². The number of carbonyl (C=O) groups excluding carboxylic acids is 2. The Morgan fingerprint density at radius 2 is 1.79 bits per heavy atom. The molecule has 7 heteroatoms. The maximum Gasteiger partial charge on any atom is 0.295 e. The van der Waals surface area contributed by atoms with Crippen LogP contribution >= 0.6 is 0 Å². The van der Waals surface area contributed by atoms with Gasteiger partial charge in [-0.25, -0.2) is 0 Å². The van der Waals surface area contributed by atoms with Crippen LogP contribution in [0, 0.1) is 0 Å². The van der Waals surface area contributed by atoms with E-state index in [2.05, 4.69) is 0 Å². The van der Waals surface area contributed by atoms with Crippen LogP contribution in [-0.2, 0) is 16.0 Å². The lowest BCUT2D eigenvalue weighted by molar-refractivity contribution is -0.140. The summed E-state index contributed by atoms with van der Waals surface area (Å²) < 4.78 is 5.76. The zero-order valence-corrected chi connectivity index (χ0v) is 19.8. The van der Waals surface area contributed by atoms with Crippen LogP contribution in [-0.4, -0.2) is 74.0 Å². The minimum Gasteiger partial charge on any atom is -0.507 e. The topological polar surface area (TPSA) is 73.3 Å². The highest BCUT2D eigenvalue weighted by Gasteiger charge is 2.46. The molecule has 0 saturated carbocycles. The number of ketones is 1. The predicted molar refractivity (Wildman–Crippen MR) is 129 cm³/mol. The average molecular weight is 450 g/mol. The molecule has 0 aliphatic carbocycles. The Kier molecular flexibility index (Phi) is 6.17. The van der Waals surface area contributed by atoms with Gasteiger partial charge < -0.3 is 24.5 Å². The Hall–Kier alpha value is -3.32. The van der Waals surface area contributed by atoms with Crippen molar-refractivity contribution >= 4 is 23.1 Å². The number of aliphatic hydroxyl groups is 1. The van der Waals surface area contributed by atoms with E-state index >= 15 is 0 Å². The van der Waals surface area contributed by atoms with Gasteiger partial charge in [0, 0.05) is 44.9 Å². The Balaban J connectivity index is 1.80. The van der Waals surface area contributed by atoms with Gasteiger partial charge in [-0.15, -0.1) is 0 Å². The van der Waals surface area contributed by atoms with Crippen LogP contribution in [0.1, 0.15) is 29.7 Å². The standard InChI is InChI=1S/C26H31N3O4/c1-16-14-19-15-18(8-11-21(19)33-16)24(30)22-23(17-6-9-20(10-7-17)28(4)5)29(13-12-27(2)3)26(32)25(22)31/h6-11,15-16,23,30H,12-14H2,1-5H3/b24-22+/t16-,23-/m0/s1. The molecule has 2 aliphatic rings. The number of Topliss-reactive ketones (excluding diaryl/α,β-unsaturated/α-hetero) is 1. The van der Waals surface area contributed by atoms with E-state index in [9.17, 15) is 14.7 Å². The molecule has 2 heterocycles. The molecule has 1 saturated heterocycles. The van der Waals surface area contributed by atoms with E-state index < -0.39 is 17.7 Å². The molecular weight excluding hydrogens is 418 g/mol. The molecule has 0 unspecified atom stereocenters. The van der Waals surface area contributed by atoms with E-state index in [1.807, 2.05) is 81.3 Å². The van der Waals surface area contributed by atoms with Crippen molar-refractivity contribution in [2.75, 3.05) is 46.2 Å². The number of carbonyl (C=O) groups is 2. The summed E-state index contributed by atoms with van der Waals surface area (Å²) in [6.45, 7) is 2.98. The first kappa shape index (κ1) is 22.9. The summed E-state index contributed by atoms with van der Waals surface area (Å²) in [6, 6.07) is 12.5. The van der Waals surface area contributed by atoms with Gasteiger partial charge in [-0.1, -0.05) is 12.1 Å². The number of nitrogens with zero attached hydrogens (tertiary/aromatic N) is 3. The molecule has 1 amide bonds. The highest BCUT2D eigenvalue weighted by atomic mass is 16.5. The number of likely N-dealkylation sites (tertiary alicyclic amines) is 1. The van der Waals surface area contributed by atoms with Crippen molar-refractivity contribution in [2.24, 2.45) is 0 Å². The van der Waals surface area contributed by atoms with Gasteiger partial charge in [0.25, 0.3) is 11.7 Å². The summed E-state index contributed by atoms with van der Waals surface area (Å²) in [5.41, 5.74) is 3.44. The fourth-order valence-corrected chi connectivity index (χ4v) is 4.44. The third-order valence-corrected chi connectivity index (χ3v) is 6.22. The average Bonchev–Trinajstić information content (AvgIpc) is 3.27. The van der Waals surface area contributed by atoms with Crippen molar-refractivity contribution in [2.45, 2.75) is 25.5 Å². The van der Waals surface area contributed by atoms with Crippen molar-refractivity contribution in [1.29, 1.82) is 0 Å². The summed E-state index contributed by atoms with van der Waals surface area (Å²) in [5, 5.41) is 11.3. The van der Waals surface area contributed by atoms with Gasteiger partial charge in [-0.05, 0) is 62.5 Å². The molecule has 0 bridgehead atoms. The molecule has 2 aromatic rings. The van der Waals surface area contributed by atoms with Crippen molar-refractivity contribution in [1.82, 2.24) is 9.80 Å². The summed E-state index contributed by atoms with van der Waals surface area (Å²) in [5.74, 6) is -0.595. The smallest absolute Gasteiger partial charge is 0.295 e. The molecule has 2 aliphatic heterocycles. The van der Waals surface area contributed by atoms with E-state index in [1.54, 1.807) is 11.0 Å². The molecule has 2 aromatic carbocycles. The van der Waals surface area contributed by atoms with Crippen LogP contribution in [0.3, 0.4) is 0 Å². The van der Waals surface area contributed by atoms with Gasteiger partial charge in [0.15, 0.2) is 0 Å². The highest BCUT2D eigenvalue weighted by Crippen LogP contribution is 2.40. The number of rotatable bonds is 6. The second-order valence-electron chi connectivity index (χ2n) is 9.24. The normalized spacial score (nSPS) is 21.5. The van der Waals surface area contributed by atoms with Gasteiger partial charge in [-0.3, -0.25) is 9.59 Å². The molecule has 7 nitrogen and oxygen atoms in total. The number of likely N-dealkylation sites (N-methyl/N-ethyl adjacent to an activating group) is 1. The number of fused-ring (bicyclic) bond motifs is 1. The van der Waals surface area contributed by atoms with Crippen molar-refractivity contribution in [3.63, 3.8) is 0 Å². The first-order valence-electron chi connectivity index (χ1n) is 11.2. The highest BCUT2D eigenvalue weighted by molar-refractivity contribution is 6.46. The quantitative estimate of drug-likeness (QED) is 0.415. The molecule has 33 heavy (non-hydrogen) atoms. The van der Waals surface area contributed by atoms with Crippen molar-refractivity contribution < 1.29 is 19.4 Å². The first-order chi connectivity index (χ1) is 15.7. The summed E-state index contributed by atoms with van der Waals surface area (Å²) in [4.78, 5) is 31.7. The number of ether oxygens (including phenoxy) is 1. The van der Waals surface area contributed by atoms with Crippen molar-refractivity contribution in [3.8, 4) is 5.75 Å². The van der Waals surface area contributed by atoms with Gasteiger partial charge in [0.05, 0.1) is 11.6 Å². The number of hydrogen-bond donors (Lipinski definition) is 1. The number of aliphatic hydroxyl groups excluding tert-OH is 1. The third-order valence-electron chi connectivity index (χ3n) is 6.22. The second-order valence-corrected chi connectivity index (χ2v) is 9.24. The Morgan fingerprint density at radius 1 is 1.09 bits per heavy atom. The maximum absolute atomic E-state index is 13.2. The predicted octanol–water partition coefficient (Wildman–Crippen LogP) is 3.06. The van der Waals surface area contributed by atoms with Crippen molar-refractivity contribution in [3.05, 3.63) is 64.7 Å². The minimum absolute atomic E-state index is 0.0734. The van der Waals surface area contributed by atoms with Gasteiger partial charge >= 0.3 is 0 Å². The van der Waals surface area contributed by atoms with Gasteiger partial charge in [-0.2, -0.15) is 0 Å². The van der Waals surface area contributed by atoms with Crippen LogP contribution in [0.2, 0.25) is 0 Å². The van der Waals surface area contributed by atoms with Crippen LogP contribution in [0.4, 0.5) is 5.69 Å². The summed E-state index contributed by atoms with van der Waals surface area (Å²) in [7, 11) is 7.75. The summed E-state index contributed by atoms with van der Waals surface area (Å²) >= 11 is 0. The second kappa shape index (κ2) is 8.90. The van der Waals surface area contributed by atoms with Gasteiger partial charge in [0.2, 0.25) is 0 Å². The SMILES string of the molecule is C[C@H]1Cc2cc(/C(O)=C3\C(=O)C(=O)N(CCN(C)C)[C@H]3c3ccc(N(C)C)cc3)ccc2O1. The zero-order chi connectivity index (χ0) is 23.9. The molecule has 1 N–H and O–H groups in total. The van der Waals surface area contributed by atoms with E-state index in [0.717, 1.165) is 29.0 Å². The van der Waals surface area contributed by atoms with Crippen LogP contribution in [0.5, 0.6) is 5.75 Å². The molecule has 2 atom stereocenters. The van der Waals surface area contributed by atoms with Crippen LogP contribution < -0.4 is 9.64 Å². The molecule has 0 radical (unpaired) electrons. The lowest BCUT2D eigenvalue weighted by Gasteiger charge is -2.27. The Morgan fingerprint density at radius 3 is 2.42 bits per heavy atom. The fraction of sp³-hybridized carbons (Fsp3) is 0.385. The number of hydrogen-bond acceptors (Lipinski definition) is 6. The molecule has 4 rings (SSSR count). The van der Waals surface area contributed by atoms with Crippen LogP contribution in [0.25, 0.3) is 5.76 Å². The summed E-state index contributed by atoms with van der Waals surface area (Å²) in [6.07, 6.45) is 0.812. The lowest BCUT2D eigenvalue weighted by Crippen LogP contribution is -2.35. The number of amides is 1. The van der Waals surface area contributed by atoms with E-state index in [1.165, 1.54) is 0 Å². The molecular formula is C26H31N3O4. The largest absolute Gasteiger partial charge is 0.507 e. The Bertz CT molecular complexity index is 1110. The van der Waals surface area contributed by atoms with E-state index in [-0.39, 0.29) is 17.4 Å². The maximum atomic E-state index is 13.2. The molecule has 0 spiro atoms. The molecule has 174 valence electrons. The van der Waals surface area contributed by atoms with Crippen LogP contribution in [0.15, 0.2) is 48.0 Å². The fourth-order valence-electron chi connectivity index (χ4n) is 4.44. The number of anilines is 1. The van der Waals surface area contributed by atoms with E-state index in [4.69, 9.17) is 4.74 Å². The zero-order valence-electron chi connectivity index (χ0n) is 19.8. The monoisotopic (exact) mass is 449 g/mol. The molecule has 0 aromatic heterocycles. The number of benzene rings is 2. The minimum atomic E-state index is -0.655. The molecule has 1 fully saturated rings. The lowest BCUT2D eigenvalue weighted by atomic mass is 9.94.